The summed E-state index contributed by atoms with van der Waals surface area (Å²) in [6, 6.07) is -0.685. The van der Waals surface area contributed by atoms with Gasteiger partial charge >= 0.3 is 24.0 Å². The molecule has 0 saturated heterocycles. The van der Waals surface area contributed by atoms with Gasteiger partial charge in [-0.2, -0.15) is 0 Å². The second-order valence-electron chi connectivity index (χ2n) is 2.33. The van der Waals surface area contributed by atoms with Gasteiger partial charge < -0.3 is 19.7 Å². The molecule has 0 atom stereocenters. The van der Waals surface area contributed by atoms with E-state index < -0.39 is 25.2 Å². The highest BCUT2D eigenvalue weighted by Gasteiger charge is 2.06. The molecule has 86 valence electrons. The van der Waals surface area contributed by atoms with Gasteiger partial charge in [0.25, 0.3) is 0 Å². The fourth-order valence-electron chi connectivity index (χ4n) is 0.579. The van der Waals surface area contributed by atoms with Crippen molar-refractivity contribution < 1.29 is 29.3 Å². The normalized spacial score (nSPS) is 9.50. The van der Waals surface area contributed by atoms with Crippen LogP contribution in [0.15, 0.2) is 0 Å². The predicted octanol–water partition coefficient (Wildman–Crippen LogP) is -1.81. The lowest BCUT2D eigenvalue weighted by Gasteiger charge is -2.00. The summed E-state index contributed by atoms with van der Waals surface area (Å²) in [4.78, 5) is 20.2. The summed E-state index contributed by atoms with van der Waals surface area (Å²) in [5.74, 6) is -2.40. The largest absolute Gasteiger partial charge is 0.479 e. The molecule has 0 aliphatic heterocycles. The van der Waals surface area contributed by atoms with Gasteiger partial charge in [-0.05, 0) is 0 Å². The molecule has 0 amide bonds. The first-order valence-corrected chi connectivity index (χ1v) is 3.84. The van der Waals surface area contributed by atoms with Crippen molar-refractivity contribution in [3.63, 3.8) is 0 Å². The fourth-order valence-corrected chi connectivity index (χ4v) is 0.579. The number of aliphatic carboxylic acids is 2. The van der Waals surface area contributed by atoms with E-state index in [4.69, 9.17) is 10.2 Å². The van der Waals surface area contributed by atoms with E-state index in [1.165, 1.54) is 0 Å². The fraction of sp³-hybridized carbons (Fsp3) is 0.333. The molecule has 0 fully saturated rings. The van der Waals surface area contributed by atoms with Crippen molar-refractivity contribution in [2.75, 3.05) is 13.2 Å². The third-order valence-corrected chi connectivity index (χ3v) is 1.09. The second-order valence-corrected chi connectivity index (χ2v) is 2.33. The maximum Gasteiger partial charge on any atom is 0.355 e. The van der Waals surface area contributed by atoms with Crippen LogP contribution in [0.4, 0.5) is 0 Å². The van der Waals surface area contributed by atoms with Gasteiger partial charge in [-0.15, -0.1) is 0 Å². The minimum atomic E-state index is -1.20. The Balaban J connectivity index is 2.47. The van der Waals surface area contributed by atoms with Crippen LogP contribution in [-0.4, -0.2) is 55.8 Å². The maximum absolute atomic E-state index is 10.1. The first-order chi connectivity index (χ1) is 7.58. The van der Waals surface area contributed by atoms with Crippen LogP contribution in [-0.2, 0) is 9.59 Å². The molecule has 0 saturated carbocycles. The molecule has 10 nitrogen and oxygen atoms in total. The monoisotopic (exact) mass is 230 g/mol. The molecule has 10 heteroatoms. The van der Waals surface area contributed by atoms with E-state index in [0.717, 1.165) is 0 Å². The van der Waals surface area contributed by atoms with E-state index in [1.54, 1.807) is 0 Å². The van der Waals surface area contributed by atoms with Gasteiger partial charge in [-0.1, -0.05) is 20.4 Å². The molecule has 1 aromatic heterocycles. The van der Waals surface area contributed by atoms with Crippen molar-refractivity contribution in [2.45, 2.75) is 0 Å². The Bertz CT molecular complexity index is 342. The van der Waals surface area contributed by atoms with E-state index in [2.05, 4.69) is 29.9 Å². The first kappa shape index (κ1) is 11.6. The van der Waals surface area contributed by atoms with E-state index >= 15 is 0 Å². The van der Waals surface area contributed by atoms with Gasteiger partial charge in [0.2, 0.25) is 0 Å². The number of carbonyl (C=O) groups is 2. The molecule has 2 N–H and O–H groups in total. The molecule has 0 aliphatic carbocycles. The summed E-state index contributed by atoms with van der Waals surface area (Å²) in [5.41, 5.74) is 0. The summed E-state index contributed by atoms with van der Waals surface area (Å²) in [6.45, 7) is -1.25. The summed E-state index contributed by atoms with van der Waals surface area (Å²) >= 11 is 0. The first-order valence-electron chi connectivity index (χ1n) is 3.84. The zero-order valence-corrected chi connectivity index (χ0v) is 7.73. The van der Waals surface area contributed by atoms with Crippen molar-refractivity contribution in [1.29, 1.82) is 0 Å². The highest BCUT2D eigenvalue weighted by atomic mass is 16.5. The standard InChI is InChI=1S/C6H6N4O6/c11-3(12)1-15-5-7-9-6(10-8-5)16-2-4(13)14/h1-2H2,(H,11,12)(H,13,14). The number of hydrogen-bond donors (Lipinski definition) is 2. The zero-order valence-electron chi connectivity index (χ0n) is 7.73. The quantitative estimate of drug-likeness (QED) is 0.573. The summed E-state index contributed by atoms with van der Waals surface area (Å²) in [7, 11) is 0. The predicted molar refractivity (Wildman–Crippen MR) is 43.9 cm³/mol. The zero-order chi connectivity index (χ0) is 12.0. The van der Waals surface area contributed by atoms with Crippen molar-refractivity contribution in [1.82, 2.24) is 20.4 Å². The number of rotatable bonds is 6. The molecule has 0 spiro atoms. The van der Waals surface area contributed by atoms with E-state index in [9.17, 15) is 9.59 Å². The van der Waals surface area contributed by atoms with E-state index in [0.29, 0.717) is 0 Å². The van der Waals surface area contributed by atoms with Crippen molar-refractivity contribution in [3.05, 3.63) is 0 Å². The Morgan fingerprint density at radius 3 is 1.44 bits per heavy atom. The average molecular weight is 230 g/mol. The van der Waals surface area contributed by atoms with Gasteiger partial charge in [-0.3, -0.25) is 0 Å². The lowest BCUT2D eigenvalue weighted by atomic mass is 10.7. The third-order valence-electron chi connectivity index (χ3n) is 1.09. The minimum absolute atomic E-state index is 0.343. The molecular weight excluding hydrogens is 224 g/mol. The van der Waals surface area contributed by atoms with E-state index in [-0.39, 0.29) is 12.0 Å². The Hall–Kier alpha value is -2.52. The maximum atomic E-state index is 10.1. The van der Waals surface area contributed by atoms with Crippen LogP contribution in [0.5, 0.6) is 12.0 Å². The van der Waals surface area contributed by atoms with Crippen LogP contribution in [0.25, 0.3) is 0 Å². The second kappa shape index (κ2) is 5.38. The SMILES string of the molecule is O=C(O)COc1nnc(OCC(=O)O)nn1. The van der Waals surface area contributed by atoms with Gasteiger partial charge in [-0.25, -0.2) is 9.59 Å². The molecule has 0 bridgehead atoms. The minimum Gasteiger partial charge on any atom is -0.479 e. The Labute approximate surface area is 87.8 Å². The molecule has 1 heterocycles. The topological polar surface area (TPSA) is 145 Å². The Morgan fingerprint density at radius 1 is 0.875 bits per heavy atom. The molecule has 1 rings (SSSR count). The van der Waals surface area contributed by atoms with Crippen LogP contribution < -0.4 is 9.47 Å². The summed E-state index contributed by atoms with van der Waals surface area (Å²) in [6.07, 6.45) is 0. The van der Waals surface area contributed by atoms with Crippen molar-refractivity contribution in [3.8, 4) is 12.0 Å². The van der Waals surface area contributed by atoms with E-state index in [1.807, 2.05) is 0 Å². The Kier molecular flexibility index (Phi) is 3.89. The molecule has 16 heavy (non-hydrogen) atoms. The summed E-state index contributed by atoms with van der Waals surface area (Å²) < 4.78 is 9.06. The molecule has 0 aliphatic rings. The molecular formula is C6H6N4O6. The molecule has 0 radical (unpaired) electrons. The highest BCUT2D eigenvalue weighted by molar-refractivity contribution is 5.68. The van der Waals surface area contributed by atoms with Crippen molar-refractivity contribution >= 4 is 11.9 Å². The Morgan fingerprint density at radius 2 is 1.19 bits per heavy atom. The lowest BCUT2D eigenvalue weighted by Crippen LogP contribution is -2.14. The third kappa shape index (κ3) is 4.13. The van der Waals surface area contributed by atoms with Gasteiger partial charge in [0.05, 0.1) is 0 Å². The van der Waals surface area contributed by atoms with Crippen LogP contribution >= 0.6 is 0 Å². The van der Waals surface area contributed by atoms with Gasteiger partial charge in [0.1, 0.15) is 0 Å². The highest BCUT2D eigenvalue weighted by Crippen LogP contribution is 2.00. The molecule has 1 aromatic rings. The van der Waals surface area contributed by atoms with Crippen LogP contribution in [0.1, 0.15) is 0 Å². The van der Waals surface area contributed by atoms with Crippen LogP contribution in [0.3, 0.4) is 0 Å². The average Bonchev–Trinajstić information content (AvgIpc) is 2.25. The number of aromatic nitrogens is 4. The number of carboxylic acid groups (broad SMARTS) is 2. The number of nitrogens with zero attached hydrogens (tertiary/aromatic N) is 4. The number of carboxylic acids is 2. The number of ether oxygens (including phenoxy) is 2. The van der Waals surface area contributed by atoms with Crippen LogP contribution in [0, 0.1) is 0 Å². The van der Waals surface area contributed by atoms with Crippen LogP contribution in [0.2, 0.25) is 0 Å². The van der Waals surface area contributed by atoms with Gasteiger partial charge in [0, 0.05) is 0 Å². The molecule has 0 unspecified atom stereocenters. The van der Waals surface area contributed by atoms with Gasteiger partial charge in [0.15, 0.2) is 13.2 Å². The number of hydrogen-bond acceptors (Lipinski definition) is 8. The smallest absolute Gasteiger partial charge is 0.355 e. The lowest BCUT2D eigenvalue weighted by molar-refractivity contribution is -0.140. The summed E-state index contributed by atoms with van der Waals surface area (Å²) in [5, 5.41) is 29.7. The van der Waals surface area contributed by atoms with Crippen molar-refractivity contribution in [2.24, 2.45) is 0 Å². The molecule has 0 aromatic carbocycles.